The Labute approximate surface area is 176 Å². The third-order valence-corrected chi connectivity index (χ3v) is 5.48. The third kappa shape index (κ3) is 5.17. The molecule has 0 aliphatic carbocycles. The molecule has 0 aliphatic heterocycles. The van der Waals surface area contributed by atoms with Crippen molar-refractivity contribution in [3.63, 3.8) is 0 Å². The molecule has 0 bridgehead atoms. The average Bonchev–Trinajstić information content (AvgIpc) is 3.12. The van der Waals surface area contributed by atoms with Crippen LogP contribution in [0.15, 0.2) is 28.0 Å². The molecule has 0 saturated carbocycles. The van der Waals surface area contributed by atoms with Crippen molar-refractivity contribution in [1.29, 1.82) is 5.26 Å². The number of urea groups is 1. The maximum absolute atomic E-state index is 12.5. The number of amides is 2. The van der Waals surface area contributed by atoms with Gasteiger partial charge in [-0.1, -0.05) is 27.7 Å². The lowest BCUT2D eigenvalue weighted by molar-refractivity contribution is 0.0736. The number of carbonyl (C=O) groups is 1. The molecule has 0 unspecified atom stereocenters. The number of hydrogen-bond acceptors (Lipinski definition) is 7. The minimum Gasteiger partial charge on any atom is -0.435 e. The van der Waals surface area contributed by atoms with E-state index >= 15 is 0 Å². The first kappa shape index (κ1) is 23.4. The van der Waals surface area contributed by atoms with Crippen molar-refractivity contribution in [2.24, 2.45) is 0 Å². The van der Waals surface area contributed by atoms with Crippen molar-refractivity contribution in [1.82, 2.24) is 9.71 Å². The number of aliphatic hydroxyl groups is 1. The minimum atomic E-state index is -4.40. The first-order valence-corrected chi connectivity index (χ1v) is 10.8. The standard InChI is InChI=1S/C20H26N4O5S/c1-11(2)14-7-13(9-21)8-15(12(3)4)17(14)23-18(25)24-30(27,28)19-22-16(10-29-19)20(5,6)26/h7-8,10-12,26H,1-6H3,(H2,23,24,25). The Morgan fingerprint density at radius 1 is 1.20 bits per heavy atom. The number of nitrogens with zero attached hydrogens (tertiary/aromatic N) is 2. The first-order chi connectivity index (χ1) is 13.8. The summed E-state index contributed by atoms with van der Waals surface area (Å²) in [5.41, 5.74) is 0.951. The number of rotatable bonds is 6. The lowest BCUT2D eigenvalue weighted by Crippen LogP contribution is -2.35. The van der Waals surface area contributed by atoms with Gasteiger partial charge in [0.1, 0.15) is 17.6 Å². The van der Waals surface area contributed by atoms with Gasteiger partial charge in [0.2, 0.25) is 0 Å². The van der Waals surface area contributed by atoms with E-state index in [9.17, 15) is 23.6 Å². The monoisotopic (exact) mass is 434 g/mol. The number of nitriles is 1. The topological polar surface area (TPSA) is 145 Å². The van der Waals surface area contributed by atoms with Gasteiger partial charge >= 0.3 is 21.3 Å². The van der Waals surface area contributed by atoms with E-state index in [1.807, 2.05) is 32.4 Å². The summed E-state index contributed by atoms with van der Waals surface area (Å²) in [6, 6.07) is 4.45. The van der Waals surface area contributed by atoms with Crippen LogP contribution in [0.25, 0.3) is 0 Å². The van der Waals surface area contributed by atoms with Gasteiger partial charge in [-0.3, -0.25) is 0 Å². The smallest absolute Gasteiger partial charge is 0.336 e. The summed E-state index contributed by atoms with van der Waals surface area (Å²) in [7, 11) is -4.40. The Bertz CT molecular complexity index is 1060. The minimum absolute atomic E-state index is 0.0135. The van der Waals surface area contributed by atoms with E-state index in [-0.39, 0.29) is 17.5 Å². The largest absolute Gasteiger partial charge is 0.435 e. The Kier molecular flexibility index (Phi) is 6.59. The molecule has 3 N–H and O–H groups in total. The van der Waals surface area contributed by atoms with Crippen LogP contribution in [0.5, 0.6) is 0 Å². The number of benzene rings is 1. The summed E-state index contributed by atoms with van der Waals surface area (Å²) in [4.78, 5) is 16.3. The van der Waals surface area contributed by atoms with Gasteiger partial charge < -0.3 is 14.8 Å². The highest BCUT2D eigenvalue weighted by atomic mass is 32.2. The molecule has 0 aliphatic rings. The van der Waals surface area contributed by atoms with Crippen LogP contribution in [0.4, 0.5) is 10.5 Å². The van der Waals surface area contributed by atoms with E-state index in [1.165, 1.54) is 13.8 Å². The maximum Gasteiger partial charge on any atom is 0.336 e. The van der Waals surface area contributed by atoms with Crippen molar-refractivity contribution in [2.75, 3.05) is 5.32 Å². The molecule has 2 amide bonds. The highest BCUT2D eigenvalue weighted by molar-refractivity contribution is 7.89. The van der Waals surface area contributed by atoms with Gasteiger partial charge in [0.25, 0.3) is 0 Å². The molecule has 0 fully saturated rings. The number of sulfonamides is 1. The Morgan fingerprint density at radius 2 is 1.73 bits per heavy atom. The lowest BCUT2D eigenvalue weighted by atomic mass is 9.90. The zero-order chi connectivity index (χ0) is 22.9. The number of aromatic nitrogens is 1. The molecular weight excluding hydrogens is 408 g/mol. The van der Waals surface area contributed by atoms with E-state index in [0.717, 1.165) is 6.26 Å². The van der Waals surface area contributed by atoms with Gasteiger partial charge in [0.05, 0.1) is 11.6 Å². The summed E-state index contributed by atoms with van der Waals surface area (Å²) in [6.07, 6.45) is 1.01. The quantitative estimate of drug-likeness (QED) is 0.630. The van der Waals surface area contributed by atoms with Crippen LogP contribution in [0.2, 0.25) is 0 Å². The zero-order valence-electron chi connectivity index (χ0n) is 17.8. The van der Waals surface area contributed by atoms with Crippen molar-refractivity contribution in [2.45, 2.75) is 64.2 Å². The molecule has 9 nitrogen and oxygen atoms in total. The van der Waals surface area contributed by atoms with Gasteiger partial charge in [-0.05, 0) is 48.9 Å². The Balaban J connectivity index is 2.36. The van der Waals surface area contributed by atoms with Crippen LogP contribution in [0.1, 0.15) is 75.8 Å². The summed E-state index contributed by atoms with van der Waals surface area (Å²) < 4.78 is 31.7. The van der Waals surface area contributed by atoms with Crippen LogP contribution < -0.4 is 10.0 Å². The fourth-order valence-corrected chi connectivity index (χ4v) is 3.55. The Hall–Kier alpha value is -2.90. The molecule has 0 atom stereocenters. The van der Waals surface area contributed by atoms with Gasteiger partial charge in [-0.2, -0.15) is 18.7 Å². The normalized spacial score (nSPS) is 12.1. The van der Waals surface area contributed by atoms with Crippen LogP contribution in [-0.2, 0) is 15.6 Å². The fraction of sp³-hybridized carbons (Fsp3) is 0.450. The highest BCUT2D eigenvalue weighted by Crippen LogP contribution is 2.34. The van der Waals surface area contributed by atoms with Gasteiger partial charge in [0.15, 0.2) is 0 Å². The Morgan fingerprint density at radius 3 is 2.13 bits per heavy atom. The molecule has 1 heterocycles. The van der Waals surface area contributed by atoms with Gasteiger partial charge in [-0.15, -0.1) is 0 Å². The molecule has 2 aromatic rings. The second-order valence-corrected chi connectivity index (χ2v) is 9.63. The average molecular weight is 435 g/mol. The predicted molar refractivity (Wildman–Crippen MR) is 110 cm³/mol. The number of oxazole rings is 1. The highest BCUT2D eigenvalue weighted by Gasteiger charge is 2.29. The summed E-state index contributed by atoms with van der Waals surface area (Å²) in [5.74, 6) is -0.0485. The maximum atomic E-state index is 12.5. The number of anilines is 1. The van der Waals surface area contributed by atoms with Gasteiger partial charge in [-0.25, -0.2) is 9.52 Å². The molecule has 0 spiro atoms. The van der Waals surface area contributed by atoms with Crippen molar-refractivity contribution in [3.8, 4) is 6.07 Å². The van der Waals surface area contributed by atoms with Crippen LogP contribution >= 0.6 is 0 Å². The van der Waals surface area contributed by atoms with E-state index in [4.69, 9.17) is 4.42 Å². The van der Waals surface area contributed by atoms with E-state index in [1.54, 1.807) is 12.1 Å². The van der Waals surface area contributed by atoms with Gasteiger partial charge in [0, 0.05) is 5.69 Å². The molecule has 0 radical (unpaired) electrons. The second kappa shape index (κ2) is 8.45. The molecule has 10 heteroatoms. The van der Waals surface area contributed by atoms with Crippen molar-refractivity contribution < 1.29 is 22.7 Å². The van der Waals surface area contributed by atoms with E-state index in [0.29, 0.717) is 22.4 Å². The molecule has 2 rings (SSSR count). The van der Waals surface area contributed by atoms with Crippen LogP contribution in [0.3, 0.4) is 0 Å². The summed E-state index contributed by atoms with van der Waals surface area (Å²) in [5, 5.41) is 21.1. The molecule has 1 aromatic heterocycles. The molecule has 30 heavy (non-hydrogen) atoms. The SMILES string of the molecule is CC(C)c1cc(C#N)cc(C(C)C)c1NC(=O)NS(=O)(=O)c1nc(C(C)(C)O)co1. The second-order valence-electron chi connectivity index (χ2n) is 8.07. The van der Waals surface area contributed by atoms with E-state index < -0.39 is 26.9 Å². The van der Waals surface area contributed by atoms with Crippen LogP contribution in [-0.4, -0.2) is 24.5 Å². The summed E-state index contributed by atoms with van der Waals surface area (Å²) in [6.45, 7) is 10.5. The number of nitrogens with one attached hydrogen (secondary N) is 2. The van der Waals surface area contributed by atoms with Crippen molar-refractivity contribution >= 4 is 21.7 Å². The number of hydrogen-bond donors (Lipinski definition) is 3. The molecule has 162 valence electrons. The fourth-order valence-electron chi connectivity index (χ4n) is 2.77. The molecule has 1 aromatic carbocycles. The number of carbonyl (C=O) groups excluding carboxylic acids is 1. The lowest BCUT2D eigenvalue weighted by Gasteiger charge is -2.21. The zero-order valence-corrected chi connectivity index (χ0v) is 18.6. The van der Waals surface area contributed by atoms with E-state index in [2.05, 4.69) is 16.4 Å². The molecular formula is C20H26N4O5S. The summed E-state index contributed by atoms with van der Waals surface area (Å²) >= 11 is 0. The van der Waals surface area contributed by atoms with Crippen molar-refractivity contribution in [3.05, 3.63) is 40.8 Å². The first-order valence-electron chi connectivity index (χ1n) is 9.36. The third-order valence-electron chi connectivity index (χ3n) is 4.38. The predicted octanol–water partition coefficient (Wildman–Crippen LogP) is 3.53. The van der Waals surface area contributed by atoms with Crippen LogP contribution in [0, 0.1) is 11.3 Å². The molecule has 0 saturated heterocycles.